The molecule has 1 aliphatic rings. The summed E-state index contributed by atoms with van der Waals surface area (Å²) < 4.78 is 5.87. The first-order valence-corrected chi connectivity index (χ1v) is 10.4. The van der Waals surface area contributed by atoms with Crippen LogP contribution in [0.5, 0.6) is 0 Å². The second kappa shape index (κ2) is 7.92. The molecule has 0 unspecified atom stereocenters. The van der Waals surface area contributed by atoms with E-state index in [1.807, 2.05) is 11.8 Å². The number of rotatable bonds is 6. The van der Waals surface area contributed by atoms with E-state index in [0.717, 1.165) is 30.3 Å². The van der Waals surface area contributed by atoms with E-state index in [2.05, 4.69) is 67.5 Å². The number of aromatic nitrogens is 1. The van der Waals surface area contributed by atoms with Crippen molar-refractivity contribution in [2.75, 3.05) is 27.2 Å². The molecule has 0 amide bonds. The fraction of sp³-hybridized carbons (Fsp3) is 0.286. The molecule has 134 valence electrons. The van der Waals surface area contributed by atoms with Crippen LogP contribution in [0.2, 0.25) is 0 Å². The van der Waals surface area contributed by atoms with Gasteiger partial charge in [-0.1, -0.05) is 48.2 Å². The second-order valence-electron chi connectivity index (χ2n) is 6.59. The van der Waals surface area contributed by atoms with E-state index in [1.54, 1.807) is 11.3 Å². The Morgan fingerprint density at radius 1 is 0.962 bits per heavy atom. The molecule has 1 aliphatic heterocycles. The average Bonchev–Trinajstić information content (AvgIpc) is 3.01. The summed E-state index contributed by atoms with van der Waals surface area (Å²) in [7, 11) is 4.18. The van der Waals surface area contributed by atoms with E-state index in [-0.39, 0.29) is 0 Å². The first-order chi connectivity index (χ1) is 12.7. The normalized spacial score (nSPS) is 12.4. The predicted octanol–water partition coefficient (Wildman–Crippen LogP) is 5.41. The fourth-order valence-electron chi connectivity index (χ4n) is 3.05. The maximum Gasteiger partial charge on any atom is 0.120 e. The van der Waals surface area contributed by atoms with E-state index in [4.69, 9.17) is 9.72 Å². The van der Waals surface area contributed by atoms with E-state index >= 15 is 0 Å². The zero-order chi connectivity index (χ0) is 17.9. The number of benzene rings is 2. The van der Waals surface area contributed by atoms with Gasteiger partial charge >= 0.3 is 0 Å². The summed E-state index contributed by atoms with van der Waals surface area (Å²) in [5.74, 6) is 0. The Morgan fingerprint density at radius 3 is 2.42 bits per heavy atom. The van der Waals surface area contributed by atoms with Crippen molar-refractivity contribution in [3.63, 3.8) is 0 Å². The van der Waals surface area contributed by atoms with Crippen LogP contribution in [-0.4, -0.2) is 37.1 Å². The van der Waals surface area contributed by atoms with Crippen LogP contribution in [0, 0.1) is 0 Å². The van der Waals surface area contributed by atoms with Gasteiger partial charge in [-0.2, -0.15) is 0 Å². The van der Waals surface area contributed by atoms with Crippen LogP contribution < -0.4 is 0 Å². The van der Waals surface area contributed by atoms with Crippen LogP contribution in [0.25, 0.3) is 21.7 Å². The lowest BCUT2D eigenvalue weighted by Crippen LogP contribution is -2.14. The van der Waals surface area contributed by atoms with Crippen molar-refractivity contribution < 1.29 is 4.74 Å². The van der Waals surface area contributed by atoms with Gasteiger partial charge in [0.25, 0.3) is 0 Å². The van der Waals surface area contributed by atoms with Crippen LogP contribution in [0.3, 0.4) is 0 Å². The van der Waals surface area contributed by atoms with Gasteiger partial charge in [0.15, 0.2) is 0 Å². The number of hydrogen-bond acceptors (Lipinski definition) is 5. The maximum atomic E-state index is 5.87. The van der Waals surface area contributed by atoms with Gasteiger partial charge in [-0.05, 0) is 39.2 Å². The minimum Gasteiger partial charge on any atom is -0.374 e. The van der Waals surface area contributed by atoms with Crippen molar-refractivity contribution in [3.8, 4) is 21.7 Å². The number of nitrogens with zero attached hydrogens (tertiary/aromatic N) is 2. The maximum absolute atomic E-state index is 5.87. The van der Waals surface area contributed by atoms with Crippen LogP contribution >= 0.6 is 23.1 Å². The second-order valence-corrected chi connectivity index (χ2v) is 8.76. The Morgan fingerprint density at radius 2 is 1.65 bits per heavy atom. The van der Waals surface area contributed by atoms with Gasteiger partial charge in [0.2, 0.25) is 0 Å². The first kappa shape index (κ1) is 17.7. The highest BCUT2D eigenvalue weighted by Crippen LogP contribution is 2.49. The minimum atomic E-state index is 0.586. The molecule has 5 heteroatoms. The van der Waals surface area contributed by atoms with Gasteiger partial charge in [-0.3, -0.25) is 0 Å². The van der Waals surface area contributed by atoms with Crippen molar-refractivity contribution in [2.45, 2.75) is 22.8 Å². The minimum absolute atomic E-state index is 0.586. The standard InChI is InChI=1S/C21H22N2OS2/c1-23(2)12-7-13-24-14-19-22-20-15-8-3-5-10-17(15)25-18-11-6-4-9-16(18)21(20)26-19/h3-6,8-11H,7,12-14H2,1-2H3. The number of fused-ring (bicyclic) bond motifs is 5. The van der Waals surface area contributed by atoms with Crippen LogP contribution in [0.1, 0.15) is 11.4 Å². The Hall–Kier alpha value is -1.66. The van der Waals surface area contributed by atoms with Crippen molar-refractivity contribution >= 4 is 23.1 Å². The largest absolute Gasteiger partial charge is 0.374 e. The third kappa shape index (κ3) is 3.71. The molecule has 3 aromatic rings. The van der Waals surface area contributed by atoms with E-state index < -0.39 is 0 Å². The fourth-order valence-corrected chi connectivity index (χ4v) is 5.25. The lowest BCUT2D eigenvalue weighted by atomic mass is 10.1. The molecule has 26 heavy (non-hydrogen) atoms. The monoisotopic (exact) mass is 382 g/mol. The summed E-state index contributed by atoms with van der Waals surface area (Å²) in [5, 5.41) is 1.05. The Labute approximate surface area is 163 Å². The molecule has 3 nitrogen and oxygen atoms in total. The summed E-state index contributed by atoms with van der Waals surface area (Å²) in [6.45, 7) is 2.40. The van der Waals surface area contributed by atoms with Gasteiger partial charge in [0, 0.05) is 27.5 Å². The van der Waals surface area contributed by atoms with E-state index in [9.17, 15) is 0 Å². The van der Waals surface area contributed by atoms with E-state index in [0.29, 0.717) is 6.61 Å². The Balaban J connectivity index is 1.62. The molecule has 0 fully saturated rings. The smallest absolute Gasteiger partial charge is 0.120 e. The predicted molar refractivity (Wildman–Crippen MR) is 110 cm³/mol. The molecule has 0 atom stereocenters. The van der Waals surface area contributed by atoms with Crippen molar-refractivity contribution in [1.82, 2.24) is 9.88 Å². The topological polar surface area (TPSA) is 25.4 Å². The third-order valence-electron chi connectivity index (χ3n) is 4.28. The Bertz CT molecular complexity index is 842. The SMILES string of the molecule is CN(C)CCCOCc1nc2c(s1)-c1ccccc1Sc1ccccc1-2. The number of ether oxygens (including phenoxy) is 1. The van der Waals surface area contributed by atoms with Crippen molar-refractivity contribution in [3.05, 3.63) is 53.5 Å². The summed E-state index contributed by atoms with van der Waals surface area (Å²) in [6, 6.07) is 17.2. The molecular weight excluding hydrogens is 360 g/mol. The van der Waals surface area contributed by atoms with Crippen LogP contribution in [-0.2, 0) is 11.3 Å². The molecule has 0 bridgehead atoms. The summed E-state index contributed by atoms with van der Waals surface area (Å²) in [4.78, 5) is 10.9. The van der Waals surface area contributed by atoms with E-state index in [1.165, 1.54) is 25.8 Å². The summed E-state index contributed by atoms with van der Waals surface area (Å²) in [6.07, 6.45) is 1.04. The van der Waals surface area contributed by atoms with Crippen LogP contribution in [0.15, 0.2) is 58.3 Å². The molecular formula is C21H22N2OS2. The van der Waals surface area contributed by atoms with Gasteiger partial charge in [-0.15, -0.1) is 11.3 Å². The summed E-state index contributed by atoms with van der Waals surface area (Å²) in [5.41, 5.74) is 3.59. The molecule has 0 aliphatic carbocycles. The molecule has 2 aromatic carbocycles. The number of hydrogen-bond donors (Lipinski definition) is 0. The van der Waals surface area contributed by atoms with Gasteiger partial charge in [0.05, 0.1) is 17.2 Å². The van der Waals surface area contributed by atoms with Crippen LogP contribution in [0.4, 0.5) is 0 Å². The molecule has 0 N–H and O–H groups in total. The average molecular weight is 383 g/mol. The molecule has 0 spiro atoms. The highest BCUT2D eigenvalue weighted by molar-refractivity contribution is 7.99. The quantitative estimate of drug-likeness (QED) is 0.416. The van der Waals surface area contributed by atoms with Gasteiger partial charge in [0.1, 0.15) is 5.01 Å². The highest BCUT2D eigenvalue weighted by Gasteiger charge is 2.23. The molecule has 0 radical (unpaired) electrons. The molecule has 1 aromatic heterocycles. The molecule has 2 heterocycles. The molecule has 0 saturated carbocycles. The van der Waals surface area contributed by atoms with Crippen molar-refractivity contribution in [2.24, 2.45) is 0 Å². The van der Waals surface area contributed by atoms with Gasteiger partial charge < -0.3 is 9.64 Å². The Kier molecular flexibility index (Phi) is 5.41. The van der Waals surface area contributed by atoms with Crippen molar-refractivity contribution in [1.29, 1.82) is 0 Å². The summed E-state index contributed by atoms with van der Waals surface area (Å²) >= 11 is 3.59. The third-order valence-corrected chi connectivity index (χ3v) is 6.50. The number of thiazole rings is 1. The lowest BCUT2D eigenvalue weighted by molar-refractivity contribution is 0.113. The molecule has 4 rings (SSSR count). The first-order valence-electron chi connectivity index (χ1n) is 8.81. The highest BCUT2D eigenvalue weighted by atomic mass is 32.2. The van der Waals surface area contributed by atoms with Gasteiger partial charge in [-0.25, -0.2) is 4.98 Å². The zero-order valence-electron chi connectivity index (χ0n) is 15.1. The lowest BCUT2D eigenvalue weighted by Gasteiger charge is -2.08. The molecule has 0 saturated heterocycles. The zero-order valence-corrected chi connectivity index (χ0v) is 16.7.